The summed E-state index contributed by atoms with van der Waals surface area (Å²) in [6.07, 6.45) is 1.74. The van der Waals surface area contributed by atoms with Crippen molar-refractivity contribution in [1.29, 1.82) is 0 Å². The summed E-state index contributed by atoms with van der Waals surface area (Å²) >= 11 is 0. The van der Waals surface area contributed by atoms with Crippen molar-refractivity contribution in [2.45, 2.75) is 19.4 Å². The van der Waals surface area contributed by atoms with Crippen LogP contribution in [0.4, 0.5) is 5.82 Å². The summed E-state index contributed by atoms with van der Waals surface area (Å²) in [4.78, 5) is 24.0. The first kappa shape index (κ1) is 16.7. The lowest BCUT2D eigenvalue weighted by molar-refractivity contribution is 0.0833. The molecule has 0 saturated carbocycles. The van der Waals surface area contributed by atoms with Crippen molar-refractivity contribution < 1.29 is 4.79 Å². The molecule has 1 aromatic heterocycles. The number of anilines is 1. The van der Waals surface area contributed by atoms with E-state index in [4.69, 9.17) is 5.73 Å². The van der Waals surface area contributed by atoms with Crippen LogP contribution in [-0.4, -0.2) is 33.7 Å². The number of para-hydroxylation sites is 1. The highest BCUT2D eigenvalue weighted by Gasteiger charge is 2.26. The van der Waals surface area contributed by atoms with Crippen molar-refractivity contribution in [3.63, 3.8) is 0 Å². The molecule has 2 aromatic carbocycles. The molecule has 1 aliphatic rings. The lowest BCUT2D eigenvalue weighted by atomic mass is 9.89. The zero-order valence-electron chi connectivity index (χ0n) is 14.6. The van der Waals surface area contributed by atoms with Gasteiger partial charge in [0.1, 0.15) is 11.6 Å². The van der Waals surface area contributed by atoms with Crippen molar-refractivity contribution >= 4 is 22.5 Å². The van der Waals surface area contributed by atoms with Crippen LogP contribution < -0.4 is 5.73 Å². The molecular formula is C21H22N4O. The van der Waals surface area contributed by atoms with Crippen LogP contribution in [0.5, 0.6) is 0 Å². The number of nitrogens with zero attached hydrogens (tertiary/aromatic N) is 3. The summed E-state index contributed by atoms with van der Waals surface area (Å²) in [5, 5.41) is 0.892. The summed E-state index contributed by atoms with van der Waals surface area (Å²) in [6.45, 7) is 2.42. The van der Waals surface area contributed by atoms with Gasteiger partial charge in [-0.3, -0.25) is 9.69 Å². The van der Waals surface area contributed by atoms with Gasteiger partial charge in [-0.1, -0.05) is 42.5 Å². The van der Waals surface area contributed by atoms with E-state index in [1.165, 1.54) is 0 Å². The third-order valence-corrected chi connectivity index (χ3v) is 5.06. The normalized spacial score (nSPS) is 16.0. The van der Waals surface area contributed by atoms with E-state index < -0.39 is 0 Å². The van der Waals surface area contributed by atoms with Gasteiger partial charge >= 0.3 is 0 Å². The molecule has 0 radical (unpaired) electrons. The maximum absolute atomic E-state index is 12.6. The van der Waals surface area contributed by atoms with Crippen LogP contribution in [0.2, 0.25) is 0 Å². The van der Waals surface area contributed by atoms with Crippen molar-refractivity contribution in [2.24, 2.45) is 5.92 Å². The Morgan fingerprint density at radius 1 is 1.00 bits per heavy atom. The monoisotopic (exact) mass is 346 g/mol. The van der Waals surface area contributed by atoms with Crippen molar-refractivity contribution in [1.82, 2.24) is 14.9 Å². The molecule has 2 heterocycles. The van der Waals surface area contributed by atoms with Crippen LogP contribution in [-0.2, 0) is 6.54 Å². The van der Waals surface area contributed by atoms with Crippen molar-refractivity contribution in [3.05, 3.63) is 66.0 Å². The van der Waals surface area contributed by atoms with Gasteiger partial charge in [-0.15, -0.1) is 0 Å². The fraction of sp³-hybridized carbons (Fsp3) is 0.286. The Morgan fingerprint density at radius 3 is 2.46 bits per heavy atom. The summed E-state index contributed by atoms with van der Waals surface area (Å²) in [5.74, 6) is 1.64. The third kappa shape index (κ3) is 3.44. The average Bonchev–Trinajstić information content (AvgIpc) is 2.69. The lowest BCUT2D eigenvalue weighted by Gasteiger charge is -2.30. The van der Waals surface area contributed by atoms with E-state index in [9.17, 15) is 4.79 Å². The minimum atomic E-state index is 0.108. The molecule has 0 atom stereocenters. The molecule has 3 aromatic rings. The number of Topliss-reactive ketones (excluding diaryl/α,β-unsaturated/α-hetero) is 1. The number of rotatable bonds is 4. The Hall–Kier alpha value is -2.79. The van der Waals surface area contributed by atoms with Gasteiger partial charge in [-0.05, 0) is 38.1 Å². The zero-order chi connectivity index (χ0) is 17.9. The molecule has 1 aliphatic heterocycles. The lowest BCUT2D eigenvalue weighted by Crippen LogP contribution is -2.36. The second-order valence-electron chi connectivity index (χ2n) is 6.82. The molecule has 1 saturated heterocycles. The molecule has 5 nitrogen and oxygen atoms in total. The highest BCUT2D eigenvalue weighted by atomic mass is 16.1. The molecule has 1 fully saturated rings. The van der Waals surface area contributed by atoms with Gasteiger partial charge < -0.3 is 5.73 Å². The largest absolute Gasteiger partial charge is 0.383 e. The Labute approximate surface area is 152 Å². The molecule has 2 N–H and O–H groups in total. The quantitative estimate of drug-likeness (QED) is 0.734. The first-order valence-corrected chi connectivity index (χ1v) is 9.03. The van der Waals surface area contributed by atoms with E-state index >= 15 is 0 Å². The smallest absolute Gasteiger partial charge is 0.166 e. The molecule has 0 bridgehead atoms. The highest BCUT2D eigenvalue weighted by Crippen LogP contribution is 2.23. The molecule has 4 rings (SSSR count). The molecule has 5 heteroatoms. The SMILES string of the molecule is Nc1nc(CN2CCC(C(=O)c3ccccc3)CC2)nc2ccccc12. The minimum Gasteiger partial charge on any atom is -0.383 e. The molecule has 0 spiro atoms. The number of ketones is 1. The zero-order valence-corrected chi connectivity index (χ0v) is 14.6. The third-order valence-electron chi connectivity index (χ3n) is 5.06. The number of carbonyl (C=O) groups is 1. The highest BCUT2D eigenvalue weighted by molar-refractivity contribution is 5.97. The molecular weight excluding hydrogens is 324 g/mol. The number of fused-ring (bicyclic) bond motifs is 1. The maximum Gasteiger partial charge on any atom is 0.166 e. The van der Waals surface area contributed by atoms with Gasteiger partial charge in [0.2, 0.25) is 0 Å². The maximum atomic E-state index is 12.6. The van der Waals surface area contributed by atoms with Gasteiger partial charge in [0, 0.05) is 16.9 Å². The Balaban J connectivity index is 1.40. The first-order chi connectivity index (χ1) is 12.7. The van der Waals surface area contributed by atoms with Gasteiger partial charge in [-0.2, -0.15) is 0 Å². The number of piperidine rings is 1. The summed E-state index contributed by atoms with van der Waals surface area (Å²) in [6, 6.07) is 17.4. The molecule has 0 aliphatic carbocycles. The van der Waals surface area contributed by atoms with Crippen LogP contribution >= 0.6 is 0 Å². The number of benzene rings is 2. The first-order valence-electron chi connectivity index (χ1n) is 9.03. The minimum absolute atomic E-state index is 0.108. The van der Waals surface area contributed by atoms with Crippen LogP contribution in [0.1, 0.15) is 29.0 Å². The average molecular weight is 346 g/mol. The van der Waals surface area contributed by atoms with E-state index in [2.05, 4.69) is 14.9 Å². The van der Waals surface area contributed by atoms with E-state index in [0.29, 0.717) is 12.4 Å². The number of nitrogen functional groups attached to an aromatic ring is 1. The predicted molar refractivity (Wildman–Crippen MR) is 103 cm³/mol. The Kier molecular flexibility index (Phi) is 4.63. The fourth-order valence-electron chi connectivity index (χ4n) is 3.61. The fourth-order valence-corrected chi connectivity index (χ4v) is 3.61. The summed E-state index contributed by atoms with van der Waals surface area (Å²) < 4.78 is 0. The van der Waals surface area contributed by atoms with Gasteiger partial charge in [0.15, 0.2) is 5.78 Å². The summed E-state index contributed by atoms with van der Waals surface area (Å²) in [7, 11) is 0. The second kappa shape index (κ2) is 7.22. The second-order valence-corrected chi connectivity index (χ2v) is 6.82. The van der Waals surface area contributed by atoms with Gasteiger partial charge in [-0.25, -0.2) is 9.97 Å². The number of carbonyl (C=O) groups excluding carboxylic acids is 1. The topological polar surface area (TPSA) is 72.1 Å². The van der Waals surface area contributed by atoms with Crippen LogP contribution in [0.3, 0.4) is 0 Å². The standard InChI is InChI=1S/C21H22N4O/c22-21-17-8-4-5-9-18(17)23-19(24-21)14-25-12-10-16(11-13-25)20(26)15-6-2-1-3-7-15/h1-9,16H,10-14H2,(H2,22,23,24). The Morgan fingerprint density at radius 2 is 1.69 bits per heavy atom. The number of likely N-dealkylation sites (tertiary alicyclic amines) is 1. The number of hydrogen-bond acceptors (Lipinski definition) is 5. The van der Waals surface area contributed by atoms with Crippen molar-refractivity contribution in [3.8, 4) is 0 Å². The Bertz CT molecular complexity index is 918. The number of nitrogens with two attached hydrogens (primary N) is 1. The van der Waals surface area contributed by atoms with Gasteiger partial charge in [0.25, 0.3) is 0 Å². The molecule has 0 amide bonds. The summed E-state index contributed by atoms with van der Waals surface area (Å²) in [5.41, 5.74) is 7.77. The molecule has 132 valence electrons. The van der Waals surface area contributed by atoms with Crippen LogP contribution in [0, 0.1) is 5.92 Å². The van der Waals surface area contributed by atoms with Gasteiger partial charge in [0.05, 0.1) is 12.1 Å². The van der Waals surface area contributed by atoms with E-state index in [-0.39, 0.29) is 11.7 Å². The predicted octanol–water partition coefficient (Wildman–Crippen LogP) is 3.31. The van der Waals surface area contributed by atoms with Crippen molar-refractivity contribution in [2.75, 3.05) is 18.8 Å². The van der Waals surface area contributed by atoms with E-state index in [1.54, 1.807) is 0 Å². The molecule has 26 heavy (non-hydrogen) atoms. The van der Waals surface area contributed by atoms with E-state index in [0.717, 1.165) is 48.2 Å². The van der Waals surface area contributed by atoms with Crippen LogP contribution in [0.25, 0.3) is 10.9 Å². The molecule has 0 unspecified atom stereocenters. The number of aromatic nitrogens is 2. The van der Waals surface area contributed by atoms with E-state index in [1.807, 2.05) is 54.6 Å². The number of hydrogen-bond donors (Lipinski definition) is 1. The van der Waals surface area contributed by atoms with Crippen LogP contribution in [0.15, 0.2) is 54.6 Å².